The molecule has 0 aliphatic heterocycles. The lowest BCUT2D eigenvalue weighted by molar-refractivity contribution is 0.0951. The highest BCUT2D eigenvalue weighted by atomic mass is 79.9. The summed E-state index contributed by atoms with van der Waals surface area (Å²) in [6, 6.07) is 15.2. The number of carbonyl (C=O) groups is 1. The van der Waals surface area contributed by atoms with Gasteiger partial charge in [0.1, 0.15) is 12.4 Å². The zero-order valence-electron chi connectivity index (χ0n) is 15.6. The van der Waals surface area contributed by atoms with Crippen LogP contribution < -0.4 is 10.1 Å². The van der Waals surface area contributed by atoms with E-state index in [2.05, 4.69) is 26.3 Å². The zero-order valence-corrected chi connectivity index (χ0v) is 17.2. The molecule has 1 aromatic heterocycles. The summed E-state index contributed by atoms with van der Waals surface area (Å²) in [5.74, 6) is 0.692. The highest BCUT2D eigenvalue weighted by Crippen LogP contribution is 2.24. The Bertz CT molecular complexity index is 949. The van der Waals surface area contributed by atoms with Crippen LogP contribution in [0.4, 0.5) is 0 Å². The quantitative estimate of drug-likeness (QED) is 0.637. The molecule has 0 aliphatic rings. The van der Waals surface area contributed by atoms with E-state index in [0.717, 1.165) is 32.7 Å². The Balaban J connectivity index is 1.58. The number of amides is 1. The summed E-state index contributed by atoms with van der Waals surface area (Å²) in [6.45, 7) is 4.87. The zero-order chi connectivity index (χ0) is 19.4. The molecule has 0 saturated carbocycles. The Labute approximate surface area is 167 Å². The van der Waals surface area contributed by atoms with Crippen LogP contribution in [0.15, 0.2) is 53.0 Å². The minimum Gasteiger partial charge on any atom is -0.488 e. The number of halogens is 1. The highest BCUT2D eigenvalue weighted by molar-refractivity contribution is 9.10. The maximum Gasteiger partial charge on any atom is 0.251 e. The number of ether oxygens (including phenoxy) is 1. The first-order valence-electron chi connectivity index (χ1n) is 8.69. The maximum atomic E-state index is 12.4. The number of benzene rings is 2. The van der Waals surface area contributed by atoms with Crippen molar-refractivity contribution in [1.29, 1.82) is 0 Å². The van der Waals surface area contributed by atoms with Crippen molar-refractivity contribution in [2.75, 3.05) is 0 Å². The van der Waals surface area contributed by atoms with Crippen molar-refractivity contribution in [1.82, 2.24) is 15.1 Å². The van der Waals surface area contributed by atoms with Gasteiger partial charge in [-0.15, -0.1) is 0 Å². The molecule has 5 nitrogen and oxygen atoms in total. The smallest absolute Gasteiger partial charge is 0.251 e. The lowest BCUT2D eigenvalue weighted by atomic mass is 10.1. The van der Waals surface area contributed by atoms with Gasteiger partial charge < -0.3 is 10.1 Å². The van der Waals surface area contributed by atoms with Crippen molar-refractivity contribution in [2.45, 2.75) is 27.0 Å². The monoisotopic (exact) mass is 427 g/mol. The van der Waals surface area contributed by atoms with Crippen molar-refractivity contribution >= 4 is 21.8 Å². The van der Waals surface area contributed by atoms with Crippen LogP contribution >= 0.6 is 15.9 Å². The Morgan fingerprint density at radius 3 is 2.48 bits per heavy atom. The summed E-state index contributed by atoms with van der Waals surface area (Å²) in [7, 11) is 1.91. The molecule has 0 spiro atoms. The Hall–Kier alpha value is -2.60. The van der Waals surface area contributed by atoms with Crippen molar-refractivity contribution in [3.63, 3.8) is 0 Å². The second kappa shape index (κ2) is 8.39. The molecular formula is C21H22BrN3O2. The Morgan fingerprint density at radius 1 is 1.15 bits per heavy atom. The van der Waals surface area contributed by atoms with Crippen LogP contribution in [0.1, 0.15) is 32.9 Å². The van der Waals surface area contributed by atoms with Gasteiger partial charge in [-0.1, -0.05) is 24.3 Å². The summed E-state index contributed by atoms with van der Waals surface area (Å²) >= 11 is 3.46. The van der Waals surface area contributed by atoms with Crippen molar-refractivity contribution in [3.8, 4) is 5.75 Å². The van der Waals surface area contributed by atoms with E-state index in [-0.39, 0.29) is 5.91 Å². The fourth-order valence-corrected chi connectivity index (χ4v) is 3.22. The molecule has 1 N–H and O–H groups in total. The van der Waals surface area contributed by atoms with Crippen LogP contribution in [0, 0.1) is 13.8 Å². The molecule has 140 valence electrons. The van der Waals surface area contributed by atoms with E-state index in [1.165, 1.54) is 0 Å². The standard InChI is InChI=1S/C21H22BrN3O2/c1-14-18(15(2)25(3)24-14)12-23-21(26)17-10-8-16(9-11-17)13-27-20-7-5-4-6-19(20)22/h4-11H,12-13H2,1-3H3,(H,23,26). The van der Waals surface area contributed by atoms with Gasteiger partial charge in [-0.05, 0) is 59.6 Å². The van der Waals surface area contributed by atoms with E-state index < -0.39 is 0 Å². The van der Waals surface area contributed by atoms with Crippen LogP contribution in [0.3, 0.4) is 0 Å². The third-order valence-electron chi connectivity index (χ3n) is 4.53. The van der Waals surface area contributed by atoms with Gasteiger partial charge in [-0.25, -0.2) is 0 Å². The molecule has 3 aromatic rings. The molecule has 0 radical (unpaired) electrons. The van der Waals surface area contributed by atoms with Crippen molar-refractivity contribution in [2.24, 2.45) is 7.05 Å². The third-order valence-corrected chi connectivity index (χ3v) is 5.19. The topological polar surface area (TPSA) is 56.2 Å². The SMILES string of the molecule is Cc1nn(C)c(C)c1CNC(=O)c1ccc(COc2ccccc2Br)cc1. The van der Waals surface area contributed by atoms with Crippen LogP contribution in [0.2, 0.25) is 0 Å². The predicted molar refractivity (Wildman–Crippen MR) is 109 cm³/mol. The van der Waals surface area contributed by atoms with Gasteiger partial charge in [-0.3, -0.25) is 9.48 Å². The van der Waals surface area contributed by atoms with Gasteiger partial charge in [-0.2, -0.15) is 5.10 Å². The maximum absolute atomic E-state index is 12.4. The van der Waals surface area contributed by atoms with E-state index in [1.807, 2.05) is 74.1 Å². The molecule has 3 rings (SSSR count). The van der Waals surface area contributed by atoms with E-state index in [4.69, 9.17) is 4.74 Å². The minimum atomic E-state index is -0.101. The van der Waals surface area contributed by atoms with Crippen molar-refractivity contribution < 1.29 is 9.53 Å². The van der Waals surface area contributed by atoms with Gasteiger partial charge in [0, 0.05) is 30.4 Å². The Morgan fingerprint density at radius 2 is 1.85 bits per heavy atom. The molecule has 6 heteroatoms. The number of para-hydroxylation sites is 1. The fourth-order valence-electron chi connectivity index (χ4n) is 2.82. The molecule has 0 fully saturated rings. The molecule has 1 amide bonds. The van der Waals surface area contributed by atoms with Gasteiger partial charge >= 0.3 is 0 Å². The van der Waals surface area contributed by atoms with Gasteiger partial charge in [0.25, 0.3) is 5.91 Å². The number of carbonyl (C=O) groups excluding carboxylic acids is 1. The van der Waals surface area contributed by atoms with Crippen LogP contribution in [0.5, 0.6) is 5.75 Å². The van der Waals surface area contributed by atoms with Crippen molar-refractivity contribution in [3.05, 3.63) is 81.1 Å². The summed E-state index contributed by atoms with van der Waals surface area (Å²) in [4.78, 5) is 12.4. The average Bonchev–Trinajstić information content (AvgIpc) is 2.91. The molecule has 1 heterocycles. The summed E-state index contributed by atoms with van der Waals surface area (Å²) in [5.41, 5.74) is 4.69. The first-order valence-corrected chi connectivity index (χ1v) is 9.48. The number of aryl methyl sites for hydroxylation is 2. The largest absolute Gasteiger partial charge is 0.488 e. The average molecular weight is 428 g/mol. The molecule has 0 atom stereocenters. The van der Waals surface area contributed by atoms with E-state index in [0.29, 0.717) is 18.7 Å². The number of hydrogen-bond donors (Lipinski definition) is 1. The summed E-state index contributed by atoms with van der Waals surface area (Å²) in [6.07, 6.45) is 0. The number of nitrogens with one attached hydrogen (secondary N) is 1. The minimum absolute atomic E-state index is 0.101. The first-order chi connectivity index (χ1) is 13.0. The summed E-state index contributed by atoms with van der Waals surface area (Å²) in [5, 5.41) is 7.34. The fraction of sp³-hybridized carbons (Fsp3) is 0.238. The predicted octanol–water partition coefficient (Wildman–Crippen LogP) is 4.31. The molecule has 2 aromatic carbocycles. The third kappa shape index (κ3) is 4.57. The highest BCUT2D eigenvalue weighted by Gasteiger charge is 2.11. The number of nitrogens with zero attached hydrogens (tertiary/aromatic N) is 2. The van der Waals surface area contributed by atoms with Gasteiger partial charge in [0.2, 0.25) is 0 Å². The Kier molecular flexibility index (Phi) is 5.96. The lowest BCUT2D eigenvalue weighted by Crippen LogP contribution is -2.23. The number of hydrogen-bond acceptors (Lipinski definition) is 3. The van der Waals surface area contributed by atoms with E-state index in [1.54, 1.807) is 0 Å². The van der Waals surface area contributed by atoms with Gasteiger partial charge in [0.05, 0.1) is 10.2 Å². The van der Waals surface area contributed by atoms with Gasteiger partial charge in [0.15, 0.2) is 0 Å². The second-order valence-corrected chi connectivity index (χ2v) is 7.23. The molecular weight excluding hydrogens is 406 g/mol. The number of aromatic nitrogens is 2. The second-order valence-electron chi connectivity index (χ2n) is 6.37. The van der Waals surface area contributed by atoms with Crippen LogP contribution in [-0.2, 0) is 20.2 Å². The molecule has 0 unspecified atom stereocenters. The number of rotatable bonds is 6. The summed E-state index contributed by atoms with van der Waals surface area (Å²) < 4.78 is 8.55. The van der Waals surface area contributed by atoms with Crippen LogP contribution in [0.25, 0.3) is 0 Å². The van der Waals surface area contributed by atoms with E-state index in [9.17, 15) is 4.79 Å². The normalized spacial score (nSPS) is 10.7. The molecule has 27 heavy (non-hydrogen) atoms. The van der Waals surface area contributed by atoms with E-state index >= 15 is 0 Å². The first kappa shape index (κ1) is 19.2. The molecule has 0 bridgehead atoms. The molecule has 0 aliphatic carbocycles. The lowest BCUT2D eigenvalue weighted by Gasteiger charge is -2.09. The molecule has 0 saturated heterocycles. The van der Waals surface area contributed by atoms with Crippen LogP contribution in [-0.4, -0.2) is 15.7 Å².